The first-order valence-corrected chi connectivity index (χ1v) is 39.8. The van der Waals surface area contributed by atoms with Gasteiger partial charge in [-0.25, -0.2) is 63.6 Å². The summed E-state index contributed by atoms with van der Waals surface area (Å²) in [6.45, 7) is 11.8. The molecule has 122 heavy (non-hydrogen) atoms. The summed E-state index contributed by atoms with van der Waals surface area (Å²) in [6, 6.07) is 24.5. The molecule has 0 spiro atoms. The topological polar surface area (TPSA) is 268 Å². The van der Waals surface area contributed by atoms with Crippen LogP contribution in [0.2, 0.25) is 15.1 Å². The van der Waals surface area contributed by atoms with Gasteiger partial charge in [0.05, 0.1) is 78.0 Å². The van der Waals surface area contributed by atoms with Crippen molar-refractivity contribution in [2.24, 2.45) is 21.1 Å². The second-order valence-electron chi connectivity index (χ2n) is 29.8. The molecular weight excluding hydrogens is 1660 g/mol. The highest BCUT2D eigenvalue weighted by Gasteiger charge is 2.40. The van der Waals surface area contributed by atoms with Crippen LogP contribution >= 0.6 is 34.8 Å². The molecule has 3 aliphatic heterocycles. The maximum Gasteiger partial charge on any atom is 0.320 e. The third-order valence-electron chi connectivity index (χ3n) is 21.4. The van der Waals surface area contributed by atoms with Crippen molar-refractivity contribution >= 4 is 70.3 Å². The number of hydrogen-bond acceptors (Lipinski definition) is 15. The highest BCUT2D eigenvalue weighted by Crippen LogP contribution is 2.39. The average Bonchev–Trinajstić information content (AvgIpc) is 1.64. The predicted molar refractivity (Wildman–Crippen MR) is 447 cm³/mol. The van der Waals surface area contributed by atoms with Crippen LogP contribution in [0.3, 0.4) is 0 Å². The van der Waals surface area contributed by atoms with Gasteiger partial charge in [0, 0.05) is 176 Å². The van der Waals surface area contributed by atoms with E-state index in [0.717, 1.165) is 41.0 Å². The largest absolute Gasteiger partial charge is 0.383 e. The van der Waals surface area contributed by atoms with Crippen molar-refractivity contribution in [2.75, 3.05) is 116 Å². The molecule has 6 amide bonds. The van der Waals surface area contributed by atoms with Crippen molar-refractivity contribution in [3.63, 3.8) is 0 Å². The first-order valence-electron chi connectivity index (χ1n) is 38.7. The SMILES string of the molecule is COCCN1C[C@@H](NC(=O)Nc2c(C)c(-c3cnn(C)c3)nn2-c2ccc(F)c(Cl)c2)[C@H](c2ccc(F)c(F)c2)C1.COCCN1C[C@@H](NC(=O)Nc2c(C)c(-c3cnn(C)c3)nn2-c2cccc(Cl)c2)[C@H](c2ccc(F)c(F)c2)C1.COCCN1C[C@@H](NC(=O)Nc2c(C)c(-c3cnn(C)c3)nn2-c2cccc(Cl)c2F)[C@H](c2ccc(F)c(F)c2)C1. The molecule has 0 aliphatic carbocycles. The fourth-order valence-electron chi connectivity index (χ4n) is 15.3. The number of likely N-dealkylation sites (tertiary alicyclic amines) is 3. The fourth-order valence-corrected chi connectivity index (χ4v) is 15.8. The zero-order chi connectivity index (χ0) is 86.9. The van der Waals surface area contributed by atoms with Crippen LogP contribution in [0.25, 0.3) is 50.8 Å². The Morgan fingerprint density at radius 2 is 0.762 bits per heavy atom. The molecule has 6 N–H and O–H groups in total. The number of ether oxygens (including phenoxy) is 3. The number of nitrogens with one attached hydrogen (secondary N) is 6. The van der Waals surface area contributed by atoms with Crippen LogP contribution in [-0.4, -0.2) is 210 Å². The van der Waals surface area contributed by atoms with Crippen LogP contribution in [-0.2, 0) is 35.4 Å². The number of benzene rings is 6. The van der Waals surface area contributed by atoms with Gasteiger partial charge in [-0.3, -0.25) is 44.7 Å². The molecule has 6 aromatic heterocycles. The van der Waals surface area contributed by atoms with Crippen molar-refractivity contribution in [1.82, 2.24) is 89.3 Å². The van der Waals surface area contributed by atoms with Crippen LogP contribution in [0, 0.1) is 67.3 Å². The van der Waals surface area contributed by atoms with Gasteiger partial charge in [-0.05, 0) is 122 Å². The summed E-state index contributed by atoms with van der Waals surface area (Å²) in [5.74, 6) is -6.66. The van der Waals surface area contributed by atoms with Crippen LogP contribution in [0.4, 0.5) is 67.0 Å². The Hall–Kier alpha value is -11.5. The van der Waals surface area contributed by atoms with E-state index in [1.54, 1.807) is 123 Å². The summed E-state index contributed by atoms with van der Waals surface area (Å²) in [6.07, 6.45) is 10.4. The van der Waals surface area contributed by atoms with E-state index in [4.69, 9.17) is 54.1 Å². The lowest BCUT2D eigenvalue weighted by Crippen LogP contribution is -2.42. The maximum atomic E-state index is 15.1. The summed E-state index contributed by atoms with van der Waals surface area (Å²) < 4.78 is 137. The summed E-state index contributed by atoms with van der Waals surface area (Å²) >= 11 is 18.4. The van der Waals surface area contributed by atoms with Crippen LogP contribution in [0.1, 0.15) is 51.1 Å². The van der Waals surface area contributed by atoms with Gasteiger partial charge in [-0.1, -0.05) is 65.1 Å². The van der Waals surface area contributed by atoms with Crippen LogP contribution < -0.4 is 31.9 Å². The molecule has 38 heteroatoms. The maximum absolute atomic E-state index is 15.1. The van der Waals surface area contributed by atoms with E-state index in [2.05, 4.69) is 72.1 Å². The number of hydrogen-bond donors (Lipinski definition) is 6. The Labute approximate surface area is 711 Å². The molecule has 0 unspecified atom stereocenters. The zero-order valence-electron chi connectivity index (χ0n) is 67.7. The molecule has 3 saturated heterocycles. The van der Waals surface area contributed by atoms with Gasteiger partial charge in [0.25, 0.3) is 0 Å². The van der Waals surface area contributed by atoms with Crippen molar-refractivity contribution in [3.8, 4) is 50.8 Å². The number of methoxy groups -OCH3 is 3. The summed E-state index contributed by atoms with van der Waals surface area (Å²) in [5.41, 5.74) is 8.83. The molecule has 15 rings (SSSR count). The first-order chi connectivity index (χ1) is 58.5. The number of amides is 6. The Morgan fingerprint density at radius 1 is 0.410 bits per heavy atom. The van der Waals surface area contributed by atoms with Gasteiger partial charge < -0.3 is 30.2 Å². The van der Waals surface area contributed by atoms with Gasteiger partial charge >= 0.3 is 18.1 Å². The smallest absolute Gasteiger partial charge is 0.320 e. The van der Waals surface area contributed by atoms with E-state index in [0.29, 0.717) is 157 Å². The minimum absolute atomic E-state index is 0.0531. The third kappa shape index (κ3) is 20.5. The monoisotopic (exact) mass is 1740 g/mol. The van der Waals surface area contributed by atoms with Crippen LogP contribution in [0.5, 0.6) is 0 Å². The minimum atomic E-state index is -0.952. The molecule has 642 valence electrons. The Morgan fingerprint density at radius 3 is 1.11 bits per heavy atom. The van der Waals surface area contributed by atoms with E-state index in [-0.39, 0.29) is 45.3 Å². The molecule has 6 atom stereocenters. The number of urea groups is 3. The van der Waals surface area contributed by atoms with Gasteiger partial charge in [0.2, 0.25) is 0 Å². The normalized spacial score (nSPS) is 17.3. The number of anilines is 3. The lowest BCUT2D eigenvalue weighted by molar-refractivity contribution is 0.159. The van der Waals surface area contributed by atoms with Crippen molar-refractivity contribution in [2.45, 2.75) is 56.7 Å². The number of rotatable bonds is 24. The number of aromatic nitrogens is 12. The molecule has 6 aromatic carbocycles. The second-order valence-corrected chi connectivity index (χ2v) is 31.0. The van der Waals surface area contributed by atoms with E-state index in [1.165, 1.54) is 64.0 Å². The fraction of sp³-hybridized carbons (Fsp3) is 0.321. The molecule has 3 fully saturated rings. The van der Waals surface area contributed by atoms with Gasteiger partial charge in [-0.2, -0.15) is 30.6 Å². The molecule has 3 aliphatic rings. The number of carbonyl (C=O) groups is 3. The quantitative estimate of drug-likeness (QED) is 0.0307. The Bertz CT molecular complexity index is 5760. The molecule has 12 aromatic rings. The number of carbonyl (C=O) groups excluding carboxylic acids is 3. The zero-order valence-corrected chi connectivity index (χ0v) is 70.0. The molecule has 27 nitrogen and oxygen atoms in total. The molecule has 9 heterocycles. The van der Waals surface area contributed by atoms with Gasteiger partial charge in [0.15, 0.2) is 40.7 Å². The predicted octanol–water partition coefficient (Wildman–Crippen LogP) is 14.5. The Kier molecular flexibility index (Phi) is 28.3. The molecular formula is C84H88Cl3F8N21O6. The number of halogens is 11. The van der Waals surface area contributed by atoms with E-state index < -0.39 is 76.7 Å². The van der Waals surface area contributed by atoms with E-state index >= 15 is 4.39 Å². The number of aryl methyl sites for hydroxylation is 3. The summed E-state index contributed by atoms with van der Waals surface area (Å²) in [7, 11) is 10.2. The minimum Gasteiger partial charge on any atom is -0.383 e. The van der Waals surface area contributed by atoms with Crippen LogP contribution in [0.15, 0.2) is 152 Å². The third-order valence-corrected chi connectivity index (χ3v) is 22.3. The average molecular weight is 1750 g/mol. The number of nitrogens with zero attached hydrogens (tertiary/aromatic N) is 15. The Balaban J connectivity index is 0.000000158. The highest BCUT2D eigenvalue weighted by molar-refractivity contribution is 6.31. The molecule has 0 radical (unpaired) electrons. The second kappa shape index (κ2) is 39.1. The van der Waals surface area contributed by atoms with Gasteiger partial charge in [0.1, 0.15) is 46.0 Å². The molecule has 0 saturated carbocycles. The van der Waals surface area contributed by atoms with Crippen molar-refractivity contribution in [3.05, 3.63) is 247 Å². The van der Waals surface area contributed by atoms with Crippen molar-refractivity contribution < 1.29 is 63.7 Å². The lowest BCUT2D eigenvalue weighted by Gasteiger charge is -2.21. The summed E-state index contributed by atoms with van der Waals surface area (Å²) in [5, 5.41) is 44.8. The standard InChI is InChI=1S/2C28H29ClF3N7O2.C28H30ClF2N7O2/c1-16-26(18-12-33-37(2)13-18)36-39(19-5-7-22(30)21(29)11-19)27(16)35-28(40)34-25-15-38(8-9-41-3)14-20(25)17-4-6-23(31)24(32)10-17;1-16-26(18-12-33-37(2)13-18)36-39(24-6-4-5-20(29)25(24)32)27(16)35-28(40)34-23-15-38(9-10-41-3)14-19(23)17-7-8-21(30)22(31)11-17;1-17-26(19-13-32-36(2)14-19)35-38(21-6-4-5-20(29)12-21)27(17)34-28(39)33-25-16-37(9-10-40-3)15-22(25)18-7-8-23(30)24(31)11-18/h4-7,10-13,20,25H,8-9,14-15H2,1-3H3,(H2,34,35,40);4-8,11-13,19,23H,9-10,14-15H2,1-3H3,(H2,34,35,40);4-8,11-14,22,25H,9-10,15-16H2,1-3H3,(H2,33,34,39)/t20-,25+;19-,23+;22-,25+/m000/s1. The van der Waals surface area contributed by atoms with E-state index in [9.17, 15) is 45.1 Å². The first kappa shape index (κ1) is 88.3. The van der Waals surface area contributed by atoms with Crippen molar-refractivity contribution in [1.29, 1.82) is 0 Å². The summed E-state index contributed by atoms with van der Waals surface area (Å²) in [4.78, 5) is 46.7. The lowest BCUT2D eigenvalue weighted by atomic mass is 9.94. The molecule has 0 bridgehead atoms. The van der Waals surface area contributed by atoms with E-state index in [1.807, 2.05) is 32.3 Å². The highest BCUT2D eigenvalue weighted by atomic mass is 35.5. The van der Waals surface area contributed by atoms with Gasteiger partial charge in [-0.15, -0.1) is 0 Å².